The lowest BCUT2D eigenvalue weighted by Crippen LogP contribution is -2.11. The second-order valence-corrected chi connectivity index (χ2v) is 4.82. The van der Waals surface area contributed by atoms with E-state index in [4.69, 9.17) is 33.2 Å². The molecule has 2 rings (SSSR count). The molecule has 0 spiro atoms. The van der Waals surface area contributed by atoms with Crippen molar-refractivity contribution in [2.24, 2.45) is 0 Å². The predicted molar refractivity (Wildman–Crippen MR) is 77.4 cm³/mol. The lowest BCUT2D eigenvalue weighted by Gasteiger charge is -2.06. The summed E-state index contributed by atoms with van der Waals surface area (Å²) in [7, 11) is 0. The molecule has 2 aromatic carbocycles. The van der Waals surface area contributed by atoms with Crippen LogP contribution in [0.25, 0.3) is 0 Å². The first-order valence-electron chi connectivity index (χ1n) is 5.71. The van der Waals surface area contributed by atoms with Crippen molar-refractivity contribution in [3.05, 3.63) is 63.6 Å². The maximum atomic E-state index is 11.9. The van der Waals surface area contributed by atoms with Crippen molar-refractivity contribution in [3.8, 4) is 11.8 Å². The van der Waals surface area contributed by atoms with Crippen LogP contribution in [0.3, 0.4) is 0 Å². The van der Waals surface area contributed by atoms with Crippen LogP contribution in [0.5, 0.6) is 5.75 Å². The minimum absolute atomic E-state index is 0.107. The molecule has 0 aromatic heterocycles. The summed E-state index contributed by atoms with van der Waals surface area (Å²) in [5.41, 5.74) is 0.886. The molecule has 20 heavy (non-hydrogen) atoms. The van der Waals surface area contributed by atoms with Gasteiger partial charge in [0.2, 0.25) is 0 Å². The fourth-order valence-electron chi connectivity index (χ4n) is 1.54. The smallest absolute Gasteiger partial charge is 0.200 e. The van der Waals surface area contributed by atoms with Crippen molar-refractivity contribution in [1.29, 1.82) is 5.26 Å². The Bertz CT molecular complexity index is 675. The molecule has 0 radical (unpaired) electrons. The Hall–Kier alpha value is -2.02. The average Bonchev–Trinajstić information content (AvgIpc) is 2.45. The molecular weight excluding hydrogens is 297 g/mol. The number of halogens is 2. The van der Waals surface area contributed by atoms with Crippen molar-refractivity contribution < 1.29 is 9.53 Å². The molecule has 0 fully saturated rings. The third-order valence-electron chi connectivity index (χ3n) is 2.60. The number of carbonyl (C=O) groups is 1. The van der Waals surface area contributed by atoms with E-state index in [1.807, 2.05) is 6.07 Å². The maximum absolute atomic E-state index is 11.9. The van der Waals surface area contributed by atoms with Crippen LogP contribution < -0.4 is 4.74 Å². The molecule has 3 nitrogen and oxygen atoms in total. The van der Waals surface area contributed by atoms with Gasteiger partial charge in [-0.1, -0.05) is 23.2 Å². The van der Waals surface area contributed by atoms with Crippen LogP contribution in [0.1, 0.15) is 15.9 Å². The highest BCUT2D eigenvalue weighted by Gasteiger charge is 2.08. The van der Waals surface area contributed by atoms with E-state index in [0.29, 0.717) is 26.9 Å². The van der Waals surface area contributed by atoms with Gasteiger partial charge in [0.25, 0.3) is 0 Å². The highest BCUT2D eigenvalue weighted by Crippen LogP contribution is 2.22. The number of ketones is 1. The normalized spacial score (nSPS) is 9.85. The highest BCUT2D eigenvalue weighted by molar-refractivity contribution is 6.31. The summed E-state index contributed by atoms with van der Waals surface area (Å²) < 4.78 is 5.36. The molecule has 0 aliphatic carbocycles. The Morgan fingerprint density at radius 3 is 2.45 bits per heavy atom. The summed E-state index contributed by atoms with van der Waals surface area (Å²) in [5.74, 6) is 0.276. The van der Waals surface area contributed by atoms with E-state index in [2.05, 4.69) is 0 Å². The third kappa shape index (κ3) is 3.51. The minimum atomic E-state index is -0.165. The van der Waals surface area contributed by atoms with Crippen molar-refractivity contribution in [1.82, 2.24) is 0 Å². The second-order valence-electron chi connectivity index (χ2n) is 3.97. The zero-order valence-electron chi connectivity index (χ0n) is 10.3. The van der Waals surface area contributed by atoms with E-state index in [1.165, 1.54) is 6.07 Å². The standard InChI is InChI=1S/C15H9Cl2NO2/c16-12-4-1-10(2-5-12)15(19)9-20-13-6-3-11(8-18)14(17)7-13/h1-7H,9H2. The van der Waals surface area contributed by atoms with Gasteiger partial charge in [0, 0.05) is 16.7 Å². The molecule has 5 heteroatoms. The number of rotatable bonds is 4. The number of Topliss-reactive ketones (excluding diaryl/α,β-unsaturated/α-hetero) is 1. The topological polar surface area (TPSA) is 50.1 Å². The van der Waals surface area contributed by atoms with Crippen LogP contribution in [-0.4, -0.2) is 12.4 Å². The van der Waals surface area contributed by atoms with Crippen LogP contribution in [0.15, 0.2) is 42.5 Å². The van der Waals surface area contributed by atoms with Gasteiger partial charge in [-0.2, -0.15) is 5.26 Å². The van der Waals surface area contributed by atoms with E-state index in [1.54, 1.807) is 36.4 Å². The van der Waals surface area contributed by atoms with Gasteiger partial charge in [0.05, 0.1) is 10.6 Å². The molecule has 0 atom stereocenters. The molecule has 0 saturated carbocycles. The molecule has 100 valence electrons. The van der Waals surface area contributed by atoms with Crippen LogP contribution in [0, 0.1) is 11.3 Å². The molecule has 0 bridgehead atoms. The Labute approximate surface area is 126 Å². The number of nitriles is 1. The van der Waals surface area contributed by atoms with Crippen molar-refractivity contribution in [2.45, 2.75) is 0 Å². The van der Waals surface area contributed by atoms with Crippen LogP contribution >= 0.6 is 23.2 Å². The van der Waals surface area contributed by atoms with Gasteiger partial charge in [-0.25, -0.2) is 0 Å². The number of hydrogen-bond donors (Lipinski definition) is 0. The van der Waals surface area contributed by atoms with Gasteiger partial charge in [-0.15, -0.1) is 0 Å². The number of ether oxygens (including phenoxy) is 1. The van der Waals surface area contributed by atoms with E-state index >= 15 is 0 Å². The first kappa shape index (κ1) is 14.4. The van der Waals surface area contributed by atoms with Crippen LogP contribution in [0.2, 0.25) is 10.0 Å². The van der Waals surface area contributed by atoms with Crippen molar-refractivity contribution >= 4 is 29.0 Å². The van der Waals surface area contributed by atoms with Gasteiger partial charge in [0.1, 0.15) is 11.8 Å². The Morgan fingerprint density at radius 2 is 1.85 bits per heavy atom. The SMILES string of the molecule is N#Cc1ccc(OCC(=O)c2ccc(Cl)cc2)cc1Cl. The zero-order chi connectivity index (χ0) is 14.5. The third-order valence-corrected chi connectivity index (χ3v) is 3.16. The van der Waals surface area contributed by atoms with Gasteiger partial charge in [0.15, 0.2) is 12.4 Å². The summed E-state index contributed by atoms with van der Waals surface area (Å²) in [6.07, 6.45) is 0. The molecule has 0 amide bonds. The molecule has 0 heterocycles. The number of hydrogen-bond acceptors (Lipinski definition) is 3. The maximum Gasteiger partial charge on any atom is 0.200 e. The van der Waals surface area contributed by atoms with E-state index < -0.39 is 0 Å². The fraction of sp³-hybridized carbons (Fsp3) is 0.0667. The number of carbonyl (C=O) groups excluding carboxylic acids is 1. The predicted octanol–water partition coefficient (Wildman–Crippen LogP) is 4.13. The molecule has 0 N–H and O–H groups in total. The Morgan fingerprint density at radius 1 is 1.15 bits per heavy atom. The first-order valence-corrected chi connectivity index (χ1v) is 6.47. The minimum Gasteiger partial charge on any atom is -0.485 e. The number of benzene rings is 2. The Kier molecular flexibility index (Phi) is 4.62. The van der Waals surface area contributed by atoms with Crippen molar-refractivity contribution in [3.63, 3.8) is 0 Å². The fourth-order valence-corrected chi connectivity index (χ4v) is 1.88. The highest BCUT2D eigenvalue weighted by atomic mass is 35.5. The van der Waals surface area contributed by atoms with E-state index in [0.717, 1.165) is 0 Å². The molecular formula is C15H9Cl2NO2. The van der Waals surface area contributed by atoms with Gasteiger partial charge in [-0.3, -0.25) is 4.79 Å². The second kappa shape index (κ2) is 6.42. The van der Waals surface area contributed by atoms with Crippen LogP contribution in [-0.2, 0) is 0 Å². The van der Waals surface area contributed by atoms with Gasteiger partial charge >= 0.3 is 0 Å². The van der Waals surface area contributed by atoms with E-state index in [-0.39, 0.29) is 12.4 Å². The zero-order valence-corrected chi connectivity index (χ0v) is 11.8. The average molecular weight is 306 g/mol. The summed E-state index contributed by atoms with van der Waals surface area (Å²) in [6, 6.07) is 13.2. The molecule has 2 aromatic rings. The summed E-state index contributed by atoms with van der Waals surface area (Å²) in [4.78, 5) is 11.9. The lowest BCUT2D eigenvalue weighted by molar-refractivity contribution is 0.0921. The Balaban J connectivity index is 2.02. The summed E-state index contributed by atoms with van der Waals surface area (Å²) in [6.45, 7) is -0.107. The summed E-state index contributed by atoms with van der Waals surface area (Å²) in [5, 5.41) is 9.62. The molecule has 0 unspecified atom stereocenters. The summed E-state index contributed by atoms with van der Waals surface area (Å²) >= 11 is 11.6. The molecule has 0 saturated heterocycles. The molecule has 0 aliphatic heterocycles. The van der Waals surface area contributed by atoms with Crippen molar-refractivity contribution in [2.75, 3.05) is 6.61 Å². The van der Waals surface area contributed by atoms with Crippen LogP contribution in [0.4, 0.5) is 0 Å². The lowest BCUT2D eigenvalue weighted by atomic mass is 10.1. The van der Waals surface area contributed by atoms with E-state index in [9.17, 15) is 4.79 Å². The quantitative estimate of drug-likeness (QED) is 0.798. The van der Waals surface area contributed by atoms with Gasteiger partial charge < -0.3 is 4.74 Å². The molecule has 0 aliphatic rings. The first-order chi connectivity index (χ1) is 9.60. The number of nitrogens with zero attached hydrogens (tertiary/aromatic N) is 1. The monoisotopic (exact) mass is 305 g/mol. The van der Waals surface area contributed by atoms with Gasteiger partial charge in [-0.05, 0) is 36.4 Å². The largest absolute Gasteiger partial charge is 0.485 e.